The van der Waals surface area contributed by atoms with Crippen molar-refractivity contribution in [2.45, 2.75) is 19.8 Å². The first kappa shape index (κ1) is 18.4. The van der Waals surface area contributed by atoms with Gasteiger partial charge >= 0.3 is 0 Å². The lowest BCUT2D eigenvalue weighted by Gasteiger charge is -2.11. The van der Waals surface area contributed by atoms with Crippen LogP contribution in [0.2, 0.25) is 0 Å². The maximum atomic E-state index is 5.41. The van der Waals surface area contributed by atoms with E-state index in [4.69, 9.17) is 9.47 Å². The third-order valence-corrected chi connectivity index (χ3v) is 2.89. The zero-order valence-electron chi connectivity index (χ0n) is 13.7. The van der Waals surface area contributed by atoms with E-state index in [1.165, 1.54) is 0 Å². The summed E-state index contributed by atoms with van der Waals surface area (Å²) in [5.41, 5.74) is 1.08. The summed E-state index contributed by atoms with van der Waals surface area (Å²) in [5, 5.41) is 6.56. The van der Waals surface area contributed by atoms with E-state index in [2.05, 4.69) is 27.5 Å². The summed E-state index contributed by atoms with van der Waals surface area (Å²) in [5.74, 6) is 0.843. The molecule has 0 amide bonds. The smallest absolute Gasteiger partial charge is 0.191 e. The minimum absolute atomic E-state index is 0.640. The number of guanidine groups is 1. The molecule has 0 fully saturated rings. The van der Waals surface area contributed by atoms with Crippen molar-refractivity contribution in [1.82, 2.24) is 15.6 Å². The van der Waals surface area contributed by atoms with Crippen LogP contribution in [0.5, 0.6) is 0 Å². The number of rotatable bonds is 11. The van der Waals surface area contributed by atoms with Gasteiger partial charge in [0.05, 0.1) is 13.2 Å². The van der Waals surface area contributed by atoms with Gasteiger partial charge in [-0.25, -0.2) is 0 Å². The summed E-state index contributed by atoms with van der Waals surface area (Å²) in [6.07, 6.45) is 3.60. The van der Waals surface area contributed by atoms with E-state index >= 15 is 0 Å². The number of ether oxygens (including phenoxy) is 2. The molecule has 6 heteroatoms. The van der Waals surface area contributed by atoms with E-state index < -0.39 is 0 Å². The van der Waals surface area contributed by atoms with Crippen LogP contribution in [0, 0.1) is 0 Å². The zero-order chi connectivity index (χ0) is 15.9. The van der Waals surface area contributed by atoms with Gasteiger partial charge in [0.2, 0.25) is 0 Å². The molecule has 0 spiro atoms. The molecule has 0 aliphatic heterocycles. The first-order valence-corrected chi connectivity index (χ1v) is 7.85. The Labute approximate surface area is 133 Å². The van der Waals surface area contributed by atoms with E-state index in [9.17, 15) is 0 Å². The molecule has 0 radical (unpaired) electrons. The van der Waals surface area contributed by atoms with Crippen LogP contribution in [0.25, 0.3) is 0 Å². The van der Waals surface area contributed by atoms with Crippen LogP contribution < -0.4 is 10.6 Å². The monoisotopic (exact) mass is 308 g/mol. The standard InChI is InChI=1S/C16H28N4O2/c1-3-17-16(19-10-6-12-22-14-13-21-2)20-11-8-15-7-4-5-9-18-15/h4-5,7,9H,3,6,8,10-14H2,1-2H3,(H2,17,19,20). The van der Waals surface area contributed by atoms with Crippen LogP contribution >= 0.6 is 0 Å². The number of aliphatic imine (C=N–C) groups is 1. The number of hydrogen-bond acceptors (Lipinski definition) is 4. The predicted molar refractivity (Wildman–Crippen MR) is 89.2 cm³/mol. The molecule has 2 N–H and O–H groups in total. The van der Waals surface area contributed by atoms with E-state index in [1.54, 1.807) is 7.11 Å². The Bertz CT molecular complexity index is 398. The van der Waals surface area contributed by atoms with Crippen molar-refractivity contribution in [2.75, 3.05) is 46.6 Å². The van der Waals surface area contributed by atoms with Gasteiger partial charge < -0.3 is 20.1 Å². The van der Waals surface area contributed by atoms with E-state index in [0.29, 0.717) is 19.8 Å². The molecule has 0 saturated heterocycles. The Morgan fingerprint density at radius 3 is 2.86 bits per heavy atom. The van der Waals surface area contributed by atoms with Crippen molar-refractivity contribution in [3.8, 4) is 0 Å². The van der Waals surface area contributed by atoms with Crippen molar-refractivity contribution >= 4 is 5.96 Å². The third kappa shape index (κ3) is 9.31. The van der Waals surface area contributed by atoms with Gasteiger partial charge in [0, 0.05) is 51.7 Å². The molecular formula is C16H28N4O2. The predicted octanol–water partition coefficient (Wildman–Crippen LogP) is 1.23. The number of methoxy groups -OCH3 is 1. The second-order valence-electron chi connectivity index (χ2n) is 4.72. The molecule has 0 saturated carbocycles. The zero-order valence-corrected chi connectivity index (χ0v) is 13.7. The fourth-order valence-electron chi connectivity index (χ4n) is 1.80. The molecule has 0 aliphatic carbocycles. The first-order valence-electron chi connectivity index (χ1n) is 7.85. The molecule has 0 unspecified atom stereocenters. The van der Waals surface area contributed by atoms with Gasteiger partial charge in [-0.3, -0.25) is 9.98 Å². The second-order valence-corrected chi connectivity index (χ2v) is 4.72. The Kier molecular flexibility index (Phi) is 10.9. The molecule has 1 rings (SSSR count). The Hall–Kier alpha value is -1.66. The molecule has 1 aromatic rings. The van der Waals surface area contributed by atoms with Gasteiger partial charge in [-0.1, -0.05) is 6.07 Å². The summed E-state index contributed by atoms with van der Waals surface area (Å²) >= 11 is 0. The highest BCUT2D eigenvalue weighted by Crippen LogP contribution is 1.93. The molecule has 0 aromatic carbocycles. The fraction of sp³-hybridized carbons (Fsp3) is 0.625. The first-order chi connectivity index (χ1) is 10.9. The molecule has 22 heavy (non-hydrogen) atoms. The highest BCUT2D eigenvalue weighted by molar-refractivity contribution is 5.79. The summed E-state index contributed by atoms with van der Waals surface area (Å²) in [6, 6.07) is 5.96. The van der Waals surface area contributed by atoms with Crippen molar-refractivity contribution in [3.05, 3.63) is 30.1 Å². The summed E-state index contributed by atoms with van der Waals surface area (Å²) < 4.78 is 10.3. The minimum Gasteiger partial charge on any atom is -0.382 e. The van der Waals surface area contributed by atoms with Gasteiger partial charge in [-0.2, -0.15) is 0 Å². The number of aromatic nitrogens is 1. The molecular weight excluding hydrogens is 280 g/mol. The number of hydrogen-bond donors (Lipinski definition) is 2. The lowest BCUT2D eigenvalue weighted by atomic mass is 10.3. The Morgan fingerprint density at radius 1 is 1.23 bits per heavy atom. The van der Waals surface area contributed by atoms with Gasteiger partial charge in [0.15, 0.2) is 5.96 Å². The fourth-order valence-corrected chi connectivity index (χ4v) is 1.80. The average Bonchev–Trinajstić information content (AvgIpc) is 2.55. The average molecular weight is 308 g/mol. The van der Waals surface area contributed by atoms with Crippen LogP contribution in [-0.2, 0) is 15.9 Å². The topological polar surface area (TPSA) is 67.8 Å². The molecule has 0 aliphatic rings. The molecule has 1 aromatic heterocycles. The van der Waals surface area contributed by atoms with Crippen LogP contribution in [0.15, 0.2) is 29.4 Å². The van der Waals surface area contributed by atoms with Crippen molar-refractivity contribution < 1.29 is 9.47 Å². The molecule has 0 bridgehead atoms. The SMILES string of the molecule is CCNC(=NCCCOCCOC)NCCc1ccccn1. The number of nitrogens with zero attached hydrogens (tertiary/aromatic N) is 2. The van der Waals surface area contributed by atoms with Crippen LogP contribution in [0.3, 0.4) is 0 Å². The van der Waals surface area contributed by atoms with Gasteiger partial charge in [-0.15, -0.1) is 0 Å². The van der Waals surface area contributed by atoms with Gasteiger partial charge in [0.1, 0.15) is 0 Å². The summed E-state index contributed by atoms with van der Waals surface area (Å²) in [7, 11) is 1.67. The third-order valence-electron chi connectivity index (χ3n) is 2.89. The van der Waals surface area contributed by atoms with Crippen LogP contribution in [0.4, 0.5) is 0 Å². The molecule has 124 valence electrons. The highest BCUT2D eigenvalue weighted by atomic mass is 16.5. The van der Waals surface area contributed by atoms with Crippen LogP contribution in [-0.4, -0.2) is 57.5 Å². The highest BCUT2D eigenvalue weighted by Gasteiger charge is 1.98. The maximum absolute atomic E-state index is 5.41. The van der Waals surface area contributed by atoms with E-state index in [0.717, 1.165) is 44.1 Å². The van der Waals surface area contributed by atoms with Crippen LogP contribution in [0.1, 0.15) is 19.0 Å². The minimum atomic E-state index is 0.640. The van der Waals surface area contributed by atoms with Gasteiger partial charge in [0.25, 0.3) is 0 Å². The lowest BCUT2D eigenvalue weighted by Crippen LogP contribution is -2.38. The summed E-state index contributed by atoms with van der Waals surface area (Å²) in [4.78, 5) is 8.83. The number of nitrogens with one attached hydrogen (secondary N) is 2. The summed E-state index contributed by atoms with van der Waals surface area (Å²) in [6.45, 7) is 6.45. The van der Waals surface area contributed by atoms with E-state index in [-0.39, 0.29) is 0 Å². The van der Waals surface area contributed by atoms with Crippen molar-refractivity contribution in [2.24, 2.45) is 4.99 Å². The molecule has 0 atom stereocenters. The van der Waals surface area contributed by atoms with E-state index in [1.807, 2.05) is 24.4 Å². The van der Waals surface area contributed by atoms with Gasteiger partial charge in [-0.05, 0) is 25.5 Å². The lowest BCUT2D eigenvalue weighted by molar-refractivity contribution is 0.0702. The normalized spacial score (nSPS) is 11.5. The quantitative estimate of drug-likeness (QED) is 0.366. The van der Waals surface area contributed by atoms with Crippen molar-refractivity contribution in [1.29, 1.82) is 0 Å². The van der Waals surface area contributed by atoms with Crippen molar-refractivity contribution in [3.63, 3.8) is 0 Å². The number of pyridine rings is 1. The molecule has 1 heterocycles. The largest absolute Gasteiger partial charge is 0.382 e. The Balaban J connectivity index is 2.18. The molecule has 6 nitrogen and oxygen atoms in total. The maximum Gasteiger partial charge on any atom is 0.191 e. The second kappa shape index (κ2) is 13.0. The Morgan fingerprint density at radius 2 is 2.14 bits per heavy atom.